The van der Waals surface area contributed by atoms with Crippen molar-refractivity contribution >= 4 is 33.4 Å². The van der Waals surface area contributed by atoms with Crippen molar-refractivity contribution < 1.29 is 14.3 Å². The molecule has 0 bridgehead atoms. The summed E-state index contributed by atoms with van der Waals surface area (Å²) in [5.41, 5.74) is 2.22. The Morgan fingerprint density at radius 2 is 1.92 bits per heavy atom. The lowest BCUT2D eigenvalue weighted by molar-refractivity contribution is -0.114. The van der Waals surface area contributed by atoms with Crippen LogP contribution in [0.1, 0.15) is 35.9 Å². The minimum Gasteiger partial charge on any atom is -0.370 e. The van der Waals surface area contributed by atoms with Gasteiger partial charge in [-0.15, -0.1) is 0 Å². The van der Waals surface area contributed by atoms with Crippen molar-refractivity contribution in [2.24, 2.45) is 0 Å². The van der Waals surface area contributed by atoms with Crippen molar-refractivity contribution in [2.75, 3.05) is 18.5 Å². The van der Waals surface area contributed by atoms with E-state index in [1.807, 2.05) is 36.1 Å². The number of rotatable bonds is 3. The summed E-state index contributed by atoms with van der Waals surface area (Å²) in [6, 6.07) is 14.9. The van der Waals surface area contributed by atoms with Crippen LogP contribution in [0.4, 0.5) is 5.69 Å². The molecule has 136 valence electrons. The van der Waals surface area contributed by atoms with E-state index in [4.69, 9.17) is 4.74 Å². The van der Waals surface area contributed by atoms with E-state index in [0.717, 1.165) is 10.0 Å². The first-order valence-corrected chi connectivity index (χ1v) is 9.30. The zero-order chi connectivity index (χ0) is 18.7. The summed E-state index contributed by atoms with van der Waals surface area (Å²) in [6.07, 6.45) is -0.167. The number of nitrogens with one attached hydrogen (secondary N) is 1. The highest BCUT2D eigenvalue weighted by Gasteiger charge is 2.33. The maximum absolute atomic E-state index is 13.0. The van der Waals surface area contributed by atoms with Crippen LogP contribution < -0.4 is 5.32 Å². The molecular weight excluding hydrogens is 396 g/mol. The number of halogens is 1. The van der Waals surface area contributed by atoms with Crippen molar-refractivity contribution in [3.63, 3.8) is 0 Å². The minimum atomic E-state index is -0.167. The molecule has 0 radical (unpaired) electrons. The molecule has 2 aromatic carbocycles. The van der Waals surface area contributed by atoms with Crippen LogP contribution in [0, 0.1) is 0 Å². The zero-order valence-corrected chi connectivity index (χ0v) is 16.3. The van der Waals surface area contributed by atoms with Crippen molar-refractivity contribution in [1.82, 2.24) is 4.90 Å². The number of ether oxygens (including phenoxy) is 1. The number of hydrogen-bond acceptors (Lipinski definition) is 3. The maximum Gasteiger partial charge on any atom is 0.254 e. The highest BCUT2D eigenvalue weighted by molar-refractivity contribution is 9.10. The van der Waals surface area contributed by atoms with Gasteiger partial charge in [0.25, 0.3) is 5.91 Å². The lowest BCUT2D eigenvalue weighted by Gasteiger charge is -2.39. The fourth-order valence-electron chi connectivity index (χ4n) is 3.20. The Labute approximate surface area is 161 Å². The standard InChI is InChI=1S/C20H21BrN2O3/c1-13-19(15-6-8-17(21)9-7-15)26-11-10-23(13)20(25)16-4-3-5-18(12-16)22-14(2)24/h3-9,12-13,19H,10-11H2,1-2H3,(H,22,24)/t13-,19+/m1/s1. The normalized spacial score (nSPS) is 19.9. The van der Waals surface area contributed by atoms with Crippen LogP contribution in [0.3, 0.4) is 0 Å². The predicted octanol–water partition coefficient (Wildman–Crippen LogP) is 4.01. The van der Waals surface area contributed by atoms with Gasteiger partial charge in [0, 0.05) is 29.2 Å². The van der Waals surface area contributed by atoms with E-state index < -0.39 is 0 Å². The van der Waals surface area contributed by atoms with Crippen LogP contribution in [-0.4, -0.2) is 35.9 Å². The number of amides is 2. The zero-order valence-electron chi connectivity index (χ0n) is 14.7. The quantitative estimate of drug-likeness (QED) is 0.821. The van der Waals surface area contributed by atoms with Crippen LogP contribution in [-0.2, 0) is 9.53 Å². The molecule has 1 saturated heterocycles. The number of morpholine rings is 1. The number of carbonyl (C=O) groups is 2. The van der Waals surface area contributed by atoms with E-state index in [9.17, 15) is 9.59 Å². The number of nitrogens with zero attached hydrogens (tertiary/aromatic N) is 1. The Kier molecular flexibility index (Phi) is 5.74. The van der Waals surface area contributed by atoms with Crippen LogP contribution >= 0.6 is 15.9 Å². The lowest BCUT2D eigenvalue weighted by Crippen LogP contribution is -2.48. The van der Waals surface area contributed by atoms with E-state index in [1.54, 1.807) is 24.3 Å². The topological polar surface area (TPSA) is 58.6 Å². The Morgan fingerprint density at radius 1 is 1.19 bits per heavy atom. The Bertz CT molecular complexity index is 807. The van der Waals surface area contributed by atoms with E-state index in [0.29, 0.717) is 24.4 Å². The fourth-order valence-corrected chi connectivity index (χ4v) is 3.46. The Balaban J connectivity index is 1.80. The van der Waals surface area contributed by atoms with Gasteiger partial charge in [0.05, 0.1) is 12.6 Å². The molecule has 1 heterocycles. The molecule has 2 amide bonds. The number of benzene rings is 2. The summed E-state index contributed by atoms with van der Waals surface area (Å²) in [5.74, 6) is -0.222. The third kappa shape index (κ3) is 4.14. The first-order chi connectivity index (χ1) is 12.5. The predicted molar refractivity (Wildman–Crippen MR) is 104 cm³/mol. The molecule has 1 aliphatic rings. The Morgan fingerprint density at radius 3 is 2.62 bits per heavy atom. The molecule has 5 nitrogen and oxygen atoms in total. The minimum absolute atomic E-state index is 0.0601. The molecular formula is C20H21BrN2O3. The molecule has 0 unspecified atom stereocenters. The van der Waals surface area contributed by atoms with Crippen molar-refractivity contribution in [3.8, 4) is 0 Å². The second-order valence-corrected chi connectivity index (χ2v) is 7.26. The second kappa shape index (κ2) is 8.01. The highest BCUT2D eigenvalue weighted by Crippen LogP contribution is 2.30. The average Bonchev–Trinajstić information content (AvgIpc) is 2.62. The molecule has 0 spiro atoms. The molecule has 0 saturated carbocycles. The maximum atomic E-state index is 13.0. The van der Waals surface area contributed by atoms with Gasteiger partial charge in [-0.2, -0.15) is 0 Å². The molecule has 0 aromatic heterocycles. The van der Waals surface area contributed by atoms with Crippen molar-refractivity contribution in [1.29, 1.82) is 0 Å². The van der Waals surface area contributed by atoms with Gasteiger partial charge in [0.2, 0.25) is 5.91 Å². The summed E-state index contributed by atoms with van der Waals surface area (Å²) in [5, 5.41) is 2.72. The monoisotopic (exact) mass is 416 g/mol. The lowest BCUT2D eigenvalue weighted by atomic mass is 9.99. The molecule has 1 fully saturated rings. The van der Waals surface area contributed by atoms with Crippen LogP contribution in [0.25, 0.3) is 0 Å². The van der Waals surface area contributed by atoms with Gasteiger partial charge in [0.15, 0.2) is 0 Å². The number of anilines is 1. The second-order valence-electron chi connectivity index (χ2n) is 6.34. The van der Waals surface area contributed by atoms with E-state index in [-0.39, 0.29) is 24.0 Å². The molecule has 6 heteroatoms. The third-order valence-electron chi connectivity index (χ3n) is 4.45. The molecule has 26 heavy (non-hydrogen) atoms. The molecule has 2 atom stereocenters. The molecule has 0 aliphatic carbocycles. The number of hydrogen-bond donors (Lipinski definition) is 1. The highest BCUT2D eigenvalue weighted by atomic mass is 79.9. The molecule has 1 N–H and O–H groups in total. The van der Waals surface area contributed by atoms with Crippen molar-refractivity contribution in [2.45, 2.75) is 26.0 Å². The van der Waals surface area contributed by atoms with Crippen LogP contribution in [0.2, 0.25) is 0 Å². The van der Waals surface area contributed by atoms with E-state index in [2.05, 4.69) is 21.2 Å². The summed E-state index contributed by atoms with van der Waals surface area (Å²) in [4.78, 5) is 26.1. The van der Waals surface area contributed by atoms with Crippen LogP contribution in [0.5, 0.6) is 0 Å². The first kappa shape index (κ1) is 18.6. The van der Waals surface area contributed by atoms with E-state index >= 15 is 0 Å². The molecule has 2 aromatic rings. The summed E-state index contributed by atoms with van der Waals surface area (Å²) in [6.45, 7) is 4.47. The van der Waals surface area contributed by atoms with Gasteiger partial charge >= 0.3 is 0 Å². The summed E-state index contributed by atoms with van der Waals surface area (Å²) < 4.78 is 6.95. The third-order valence-corrected chi connectivity index (χ3v) is 4.98. The SMILES string of the molecule is CC(=O)Nc1cccc(C(=O)N2CCO[C@H](c3ccc(Br)cc3)[C@H]2C)c1. The molecule has 3 rings (SSSR count). The van der Waals surface area contributed by atoms with Gasteiger partial charge in [-0.25, -0.2) is 0 Å². The van der Waals surface area contributed by atoms with Gasteiger partial charge in [-0.3, -0.25) is 9.59 Å². The molecule has 1 aliphatic heterocycles. The van der Waals surface area contributed by atoms with Gasteiger partial charge in [0.1, 0.15) is 6.10 Å². The average molecular weight is 417 g/mol. The number of carbonyl (C=O) groups excluding carboxylic acids is 2. The summed E-state index contributed by atoms with van der Waals surface area (Å²) >= 11 is 3.44. The first-order valence-electron chi connectivity index (χ1n) is 8.51. The van der Waals surface area contributed by atoms with Gasteiger partial charge < -0.3 is 15.0 Å². The largest absolute Gasteiger partial charge is 0.370 e. The fraction of sp³-hybridized carbons (Fsp3) is 0.300. The van der Waals surface area contributed by atoms with Crippen LogP contribution in [0.15, 0.2) is 53.0 Å². The Hall–Kier alpha value is -2.18. The van der Waals surface area contributed by atoms with Gasteiger partial charge in [-0.05, 0) is 42.8 Å². The van der Waals surface area contributed by atoms with Gasteiger partial charge in [-0.1, -0.05) is 34.1 Å². The summed E-state index contributed by atoms with van der Waals surface area (Å²) in [7, 11) is 0. The van der Waals surface area contributed by atoms with Crippen molar-refractivity contribution in [3.05, 3.63) is 64.1 Å². The van der Waals surface area contributed by atoms with E-state index in [1.165, 1.54) is 6.92 Å². The smallest absolute Gasteiger partial charge is 0.254 e.